The number of anilines is 1. The zero-order chi connectivity index (χ0) is 31.5. The Labute approximate surface area is 260 Å². The van der Waals surface area contributed by atoms with Gasteiger partial charge in [-0.05, 0) is 46.7 Å². The minimum atomic E-state index is -1.47. The van der Waals surface area contributed by atoms with Gasteiger partial charge in [-0.2, -0.15) is 0 Å². The number of carbonyl (C=O) groups is 3. The molecule has 0 bridgehead atoms. The Morgan fingerprint density at radius 2 is 1.64 bits per heavy atom. The molecule has 3 aliphatic rings. The summed E-state index contributed by atoms with van der Waals surface area (Å²) >= 11 is 0. The first-order chi connectivity index (χ1) is 21.7. The normalized spacial score (nSPS) is 22.6. The maximum absolute atomic E-state index is 15.0. The molecule has 0 aliphatic carbocycles. The highest BCUT2D eigenvalue weighted by molar-refractivity contribution is 6.16. The van der Waals surface area contributed by atoms with E-state index in [-0.39, 0.29) is 22.9 Å². The first-order valence-corrected chi connectivity index (χ1v) is 15.1. The second kappa shape index (κ2) is 10.7. The van der Waals surface area contributed by atoms with Crippen molar-refractivity contribution in [3.63, 3.8) is 0 Å². The highest BCUT2D eigenvalue weighted by Crippen LogP contribution is 2.62. The lowest BCUT2D eigenvalue weighted by Crippen LogP contribution is -2.49. The molecule has 0 saturated carbocycles. The van der Waals surface area contributed by atoms with Gasteiger partial charge >= 0.3 is 0 Å². The zero-order valence-corrected chi connectivity index (χ0v) is 24.8. The van der Waals surface area contributed by atoms with Crippen molar-refractivity contribution in [1.82, 2.24) is 4.90 Å². The largest absolute Gasteiger partial charge is 0.358 e. The zero-order valence-electron chi connectivity index (χ0n) is 24.8. The van der Waals surface area contributed by atoms with E-state index in [0.717, 1.165) is 23.1 Å². The molecule has 1 spiro atoms. The third-order valence-corrected chi connectivity index (χ3v) is 9.35. The van der Waals surface area contributed by atoms with E-state index in [1.54, 1.807) is 18.3 Å². The number of benzene rings is 4. The number of nitro benzene ring substituents is 1. The molecule has 1 saturated heterocycles. The van der Waals surface area contributed by atoms with Crippen LogP contribution >= 0.6 is 0 Å². The van der Waals surface area contributed by atoms with E-state index in [2.05, 4.69) is 19.2 Å². The number of nitrogens with zero attached hydrogens (tertiary/aromatic N) is 2. The van der Waals surface area contributed by atoms with Crippen LogP contribution < -0.4 is 5.32 Å². The Kier molecular flexibility index (Phi) is 6.73. The number of amides is 1. The molecule has 224 valence electrons. The Morgan fingerprint density at radius 1 is 0.911 bits per heavy atom. The monoisotopic (exact) mass is 597 g/mol. The number of nitrogens with one attached hydrogen (secondary N) is 1. The number of ketones is 2. The predicted molar refractivity (Wildman–Crippen MR) is 171 cm³/mol. The van der Waals surface area contributed by atoms with Crippen LogP contribution in [0, 0.1) is 22.0 Å². The van der Waals surface area contributed by atoms with Gasteiger partial charge in [-0.1, -0.05) is 92.7 Å². The molecule has 1 fully saturated rings. The van der Waals surface area contributed by atoms with E-state index in [4.69, 9.17) is 0 Å². The summed E-state index contributed by atoms with van der Waals surface area (Å²) in [7, 11) is 0. The van der Waals surface area contributed by atoms with Gasteiger partial charge in [0.15, 0.2) is 11.6 Å². The molecule has 1 amide bonds. The molecule has 1 N–H and O–H groups in total. The summed E-state index contributed by atoms with van der Waals surface area (Å²) in [5.74, 6) is -1.86. The van der Waals surface area contributed by atoms with Crippen LogP contribution in [-0.2, 0) is 16.6 Å². The fourth-order valence-corrected chi connectivity index (χ4v) is 7.57. The molecule has 3 heterocycles. The third kappa shape index (κ3) is 4.31. The van der Waals surface area contributed by atoms with Crippen molar-refractivity contribution in [3.8, 4) is 0 Å². The van der Waals surface area contributed by atoms with Gasteiger partial charge in [-0.25, -0.2) is 0 Å². The minimum absolute atomic E-state index is 0.106. The Bertz CT molecular complexity index is 1910. The van der Waals surface area contributed by atoms with Gasteiger partial charge in [0, 0.05) is 35.1 Å². The Balaban J connectivity index is 1.48. The SMILES string of the molecule is CC(C)Cc1ccc(C(=O)[C@@H]2[C@H](C(=O)c3cccc([N+](=O)[O-])c3)N3C=Cc4ccccc4[C@@H]3[C@]23C(=O)Nc2ccccc23)cc1. The van der Waals surface area contributed by atoms with Crippen LogP contribution in [0.15, 0.2) is 103 Å². The summed E-state index contributed by atoms with van der Waals surface area (Å²) in [6, 6.07) is 26.2. The molecular weight excluding hydrogens is 566 g/mol. The molecule has 4 aromatic rings. The number of non-ortho nitro benzene ring substituents is 1. The number of nitro groups is 1. The molecule has 3 aliphatic heterocycles. The second-order valence-corrected chi connectivity index (χ2v) is 12.4. The predicted octanol–water partition coefficient (Wildman–Crippen LogP) is 6.78. The molecule has 45 heavy (non-hydrogen) atoms. The van der Waals surface area contributed by atoms with Gasteiger partial charge in [-0.3, -0.25) is 24.5 Å². The maximum atomic E-state index is 15.0. The van der Waals surface area contributed by atoms with Crippen LogP contribution in [0.25, 0.3) is 6.08 Å². The number of hydrogen-bond acceptors (Lipinski definition) is 6. The quantitative estimate of drug-likeness (QED) is 0.143. The molecule has 0 unspecified atom stereocenters. The highest BCUT2D eigenvalue weighted by Gasteiger charge is 2.70. The summed E-state index contributed by atoms with van der Waals surface area (Å²) < 4.78 is 0. The van der Waals surface area contributed by atoms with E-state index < -0.39 is 34.1 Å². The molecule has 0 radical (unpaired) electrons. The smallest absolute Gasteiger partial charge is 0.270 e. The Hall–Kier alpha value is -5.37. The average Bonchev–Trinajstić information content (AvgIpc) is 3.52. The van der Waals surface area contributed by atoms with Gasteiger partial charge in [0.05, 0.1) is 16.9 Å². The van der Waals surface area contributed by atoms with E-state index >= 15 is 0 Å². The molecule has 4 atom stereocenters. The number of fused-ring (bicyclic) bond motifs is 6. The topological polar surface area (TPSA) is 110 Å². The van der Waals surface area contributed by atoms with Crippen LogP contribution in [0.5, 0.6) is 0 Å². The van der Waals surface area contributed by atoms with Gasteiger partial charge in [0.25, 0.3) is 5.69 Å². The number of rotatable bonds is 7. The van der Waals surface area contributed by atoms with Gasteiger partial charge in [0.1, 0.15) is 11.5 Å². The van der Waals surface area contributed by atoms with Gasteiger partial charge in [0.2, 0.25) is 5.91 Å². The van der Waals surface area contributed by atoms with Crippen LogP contribution in [0.2, 0.25) is 0 Å². The first kappa shape index (κ1) is 28.4. The standard InChI is InChI=1S/C37H31N3O5/c1-22(2)20-23-14-16-25(17-15-23)33(41)31-32(34(42)26-9-7-10-27(21-26)40(44)45)39-19-18-24-8-3-4-11-28(24)35(39)37(31)29-12-5-6-13-30(29)38-36(37)43/h3-19,21-22,31-32,35H,20H2,1-2H3,(H,38,43)/t31-,32+,35+,37+/m0/s1. The molecule has 8 heteroatoms. The van der Waals surface area contributed by atoms with E-state index in [1.165, 1.54) is 24.3 Å². The molecule has 0 aromatic heterocycles. The molecule has 7 rings (SSSR count). The van der Waals surface area contributed by atoms with Gasteiger partial charge < -0.3 is 10.2 Å². The number of Topliss-reactive ketones (excluding diaryl/α,β-unsaturated/α-hetero) is 2. The van der Waals surface area contributed by atoms with E-state index in [0.29, 0.717) is 22.7 Å². The fourth-order valence-electron chi connectivity index (χ4n) is 7.57. The van der Waals surface area contributed by atoms with Crippen molar-refractivity contribution in [1.29, 1.82) is 0 Å². The fraction of sp³-hybridized carbons (Fsp3) is 0.216. The molecular formula is C37H31N3O5. The lowest BCUT2D eigenvalue weighted by Gasteiger charge is -2.38. The van der Waals surface area contributed by atoms with Crippen molar-refractivity contribution in [3.05, 3.63) is 147 Å². The van der Waals surface area contributed by atoms with Crippen molar-refractivity contribution in [2.24, 2.45) is 11.8 Å². The van der Waals surface area contributed by atoms with Crippen LogP contribution in [0.4, 0.5) is 11.4 Å². The number of hydrogen-bond donors (Lipinski definition) is 1. The lowest BCUT2D eigenvalue weighted by atomic mass is 9.62. The Morgan fingerprint density at radius 3 is 2.40 bits per heavy atom. The van der Waals surface area contributed by atoms with Crippen molar-refractivity contribution >= 4 is 34.9 Å². The second-order valence-electron chi connectivity index (χ2n) is 12.4. The molecule has 8 nitrogen and oxygen atoms in total. The maximum Gasteiger partial charge on any atom is 0.270 e. The number of carbonyl (C=O) groups excluding carboxylic acids is 3. The van der Waals surface area contributed by atoms with Crippen molar-refractivity contribution < 1.29 is 19.3 Å². The summed E-state index contributed by atoms with van der Waals surface area (Å²) in [4.78, 5) is 57.2. The first-order valence-electron chi connectivity index (χ1n) is 15.1. The van der Waals surface area contributed by atoms with Crippen molar-refractivity contribution in [2.45, 2.75) is 37.8 Å². The van der Waals surface area contributed by atoms with Crippen LogP contribution in [0.3, 0.4) is 0 Å². The molecule has 4 aromatic carbocycles. The third-order valence-electron chi connectivity index (χ3n) is 9.35. The lowest BCUT2D eigenvalue weighted by molar-refractivity contribution is -0.384. The summed E-state index contributed by atoms with van der Waals surface area (Å²) in [5, 5.41) is 14.7. The van der Waals surface area contributed by atoms with E-state index in [9.17, 15) is 24.5 Å². The van der Waals surface area contributed by atoms with Gasteiger partial charge in [-0.15, -0.1) is 0 Å². The number of para-hydroxylation sites is 1. The summed E-state index contributed by atoms with van der Waals surface area (Å²) in [6.45, 7) is 4.26. The summed E-state index contributed by atoms with van der Waals surface area (Å²) in [5.41, 5.74) is 2.87. The minimum Gasteiger partial charge on any atom is -0.358 e. The van der Waals surface area contributed by atoms with Crippen molar-refractivity contribution in [2.75, 3.05) is 5.32 Å². The highest BCUT2D eigenvalue weighted by atomic mass is 16.6. The van der Waals surface area contributed by atoms with Crippen LogP contribution in [0.1, 0.15) is 62.9 Å². The van der Waals surface area contributed by atoms with E-state index in [1.807, 2.05) is 71.6 Å². The summed E-state index contributed by atoms with van der Waals surface area (Å²) in [6.07, 6.45) is 4.53. The average molecular weight is 598 g/mol. The van der Waals surface area contributed by atoms with Crippen LogP contribution in [-0.4, -0.2) is 33.3 Å².